The van der Waals surface area contributed by atoms with Crippen molar-refractivity contribution in [3.05, 3.63) is 65.4 Å². The molecule has 3 N–H and O–H groups in total. The highest BCUT2D eigenvalue weighted by Crippen LogP contribution is 2.52. The Morgan fingerprint density at radius 1 is 1.18 bits per heavy atom. The van der Waals surface area contributed by atoms with Crippen molar-refractivity contribution in [2.75, 3.05) is 29.4 Å². The van der Waals surface area contributed by atoms with Crippen molar-refractivity contribution >= 4 is 46.0 Å². The molecule has 2 heterocycles. The maximum absolute atomic E-state index is 14.0. The monoisotopic (exact) mass is 574 g/mol. The Morgan fingerprint density at radius 2 is 1.87 bits per heavy atom. The van der Waals surface area contributed by atoms with Gasteiger partial charge in [0.15, 0.2) is 5.84 Å². The van der Waals surface area contributed by atoms with Crippen molar-refractivity contribution in [1.82, 2.24) is 4.90 Å². The fourth-order valence-electron chi connectivity index (χ4n) is 4.56. The summed E-state index contributed by atoms with van der Waals surface area (Å²) in [6.07, 6.45) is 2.13. The van der Waals surface area contributed by atoms with Crippen LogP contribution in [0.2, 0.25) is 0 Å². The summed E-state index contributed by atoms with van der Waals surface area (Å²) in [5.41, 5.74) is 1.41. The Kier molecular flexibility index (Phi) is 7.98. The predicted molar refractivity (Wildman–Crippen MR) is 154 cm³/mol. The van der Waals surface area contributed by atoms with E-state index in [0.29, 0.717) is 25.1 Å². The number of carbonyl (C=O) groups is 1. The van der Waals surface area contributed by atoms with Gasteiger partial charge in [-0.1, -0.05) is 51.1 Å². The second-order valence-electron chi connectivity index (χ2n) is 10.9. The van der Waals surface area contributed by atoms with Crippen molar-refractivity contribution < 1.29 is 27.4 Å². The van der Waals surface area contributed by atoms with E-state index >= 15 is 0 Å². The summed E-state index contributed by atoms with van der Waals surface area (Å²) in [6.45, 7) is 8.40. The van der Waals surface area contributed by atoms with Gasteiger partial charge in [-0.15, -0.1) is 0 Å². The van der Waals surface area contributed by atoms with E-state index in [-0.39, 0.29) is 40.2 Å². The first-order chi connectivity index (χ1) is 18.2. The van der Waals surface area contributed by atoms with Crippen LogP contribution in [0.1, 0.15) is 39.7 Å². The van der Waals surface area contributed by atoms with Crippen LogP contribution in [-0.2, 0) is 30.3 Å². The van der Waals surface area contributed by atoms with Crippen molar-refractivity contribution in [2.24, 2.45) is 10.2 Å². The van der Waals surface area contributed by atoms with Gasteiger partial charge in [0, 0.05) is 18.7 Å². The van der Waals surface area contributed by atoms with Crippen molar-refractivity contribution in [3.63, 3.8) is 0 Å². The number of aliphatic hydroxyl groups is 1. The topological polar surface area (TPSA) is 137 Å². The minimum Gasteiger partial charge on any atom is -0.509 e. The lowest BCUT2D eigenvalue weighted by molar-refractivity contribution is -0.127. The highest BCUT2D eigenvalue weighted by molar-refractivity contribution is 7.92. The fourth-order valence-corrected chi connectivity index (χ4v) is 6.92. The predicted octanol–water partition coefficient (Wildman–Crippen LogP) is 4.44. The van der Waals surface area contributed by atoms with Crippen LogP contribution in [0.5, 0.6) is 0 Å². The van der Waals surface area contributed by atoms with Gasteiger partial charge in [0.05, 0.1) is 29.9 Å². The molecule has 210 valence electrons. The number of benzene rings is 2. The molecular weight excluding hydrogens is 539 g/mol. The molecule has 2 aromatic rings. The maximum Gasteiger partial charge on any atom is 0.348 e. The van der Waals surface area contributed by atoms with E-state index in [1.54, 1.807) is 17.9 Å². The van der Waals surface area contributed by atoms with Crippen LogP contribution >= 0.6 is 7.52 Å². The molecule has 0 aliphatic carbocycles. The first-order valence-electron chi connectivity index (χ1n) is 12.7. The normalized spacial score (nSPS) is 21.5. The smallest absolute Gasteiger partial charge is 0.348 e. The first kappa shape index (κ1) is 28.9. The zero-order valence-electron chi connectivity index (χ0n) is 22.8. The average Bonchev–Trinajstić information content (AvgIpc) is 3.06. The number of hydrogen-bond donors (Lipinski definition) is 3. The molecule has 0 fully saturated rings. The molecule has 0 saturated carbocycles. The Bertz CT molecular complexity index is 1480. The Morgan fingerprint density at radius 3 is 2.49 bits per heavy atom. The van der Waals surface area contributed by atoms with E-state index in [4.69, 9.17) is 4.52 Å². The summed E-state index contributed by atoms with van der Waals surface area (Å²) >= 11 is 0. The molecule has 1 amide bonds. The molecule has 2 atom stereocenters. The third kappa shape index (κ3) is 6.54. The van der Waals surface area contributed by atoms with E-state index < -0.39 is 29.5 Å². The van der Waals surface area contributed by atoms with Gasteiger partial charge < -0.3 is 19.8 Å². The highest BCUT2D eigenvalue weighted by Gasteiger charge is 2.45. The molecule has 0 aromatic heterocycles. The van der Waals surface area contributed by atoms with Crippen LogP contribution in [0.15, 0.2) is 64.6 Å². The van der Waals surface area contributed by atoms with Crippen LogP contribution < -0.4 is 15.3 Å². The first-order valence-corrected chi connectivity index (χ1v) is 16.2. The lowest BCUT2D eigenvalue weighted by atomic mass is 9.92. The number of carbonyl (C=O) groups excluding carboxylic acids is 1. The minimum absolute atomic E-state index is 0.0399. The number of nitrogens with zero attached hydrogens (tertiary/aromatic N) is 2. The van der Waals surface area contributed by atoms with Gasteiger partial charge in [-0.25, -0.2) is 8.42 Å². The van der Waals surface area contributed by atoms with Crippen LogP contribution in [0.4, 0.5) is 11.4 Å². The molecule has 2 unspecified atom stereocenters. The van der Waals surface area contributed by atoms with Gasteiger partial charge >= 0.3 is 7.52 Å². The van der Waals surface area contributed by atoms with Gasteiger partial charge in [-0.2, -0.15) is 4.76 Å². The summed E-state index contributed by atoms with van der Waals surface area (Å²) in [5.74, 6) is -0.599. The fraction of sp³-hybridized carbons (Fsp3) is 0.407. The molecule has 10 nitrogen and oxygen atoms in total. The Balaban J connectivity index is 1.76. The number of nitrogens with one attached hydrogen (secondary N) is 2. The standard InChI is InChI=1S/C27H35N4O6PS/c1-6-37-38(34)22-17-19(30-39(5,35)36)12-13-20(22)28-25(29-38)23-24(32)21(16-18-10-8-7-9-11-18)31(26(23)33)15-14-27(2,3)4/h7-13,17,21,30,32H,6,14-16H2,1-5H3,(H,28,29,34). The lowest BCUT2D eigenvalue weighted by Crippen LogP contribution is -2.40. The van der Waals surface area contributed by atoms with Crippen LogP contribution in [0.25, 0.3) is 0 Å². The average molecular weight is 575 g/mol. The van der Waals surface area contributed by atoms with Crippen molar-refractivity contribution in [3.8, 4) is 0 Å². The molecule has 0 bridgehead atoms. The molecule has 2 aliphatic heterocycles. The molecular formula is C27H35N4O6PS. The summed E-state index contributed by atoms with van der Waals surface area (Å²) in [7, 11) is -7.50. The summed E-state index contributed by atoms with van der Waals surface area (Å²) in [4.78, 5) is 15.5. The number of sulfonamides is 1. The lowest BCUT2D eigenvalue weighted by Gasteiger charge is -2.29. The molecule has 4 rings (SSSR count). The third-order valence-electron chi connectivity index (χ3n) is 6.43. The summed E-state index contributed by atoms with van der Waals surface area (Å²) in [5, 5.41) is 14.6. The zero-order valence-corrected chi connectivity index (χ0v) is 24.5. The molecule has 0 radical (unpaired) electrons. The highest BCUT2D eigenvalue weighted by atomic mass is 32.2. The van der Waals surface area contributed by atoms with Crippen LogP contribution in [0.3, 0.4) is 0 Å². The van der Waals surface area contributed by atoms with Gasteiger partial charge in [-0.05, 0) is 42.5 Å². The Labute approximate surface area is 229 Å². The minimum atomic E-state index is -3.93. The third-order valence-corrected chi connectivity index (χ3v) is 9.09. The maximum atomic E-state index is 14.0. The number of amidine groups is 1. The second-order valence-corrected chi connectivity index (χ2v) is 14.6. The zero-order chi connectivity index (χ0) is 28.6. The molecule has 2 aliphatic rings. The second kappa shape index (κ2) is 10.8. The van der Waals surface area contributed by atoms with Crippen LogP contribution in [-0.4, -0.2) is 55.6 Å². The van der Waals surface area contributed by atoms with E-state index in [1.165, 1.54) is 12.1 Å². The van der Waals surface area contributed by atoms with E-state index in [1.807, 2.05) is 30.3 Å². The van der Waals surface area contributed by atoms with E-state index in [0.717, 1.165) is 11.8 Å². The molecule has 39 heavy (non-hydrogen) atoms. The van der Waals surface area contributed by atoms with Crippen molar-refractivity contribution in [2.45, 2.75) is 46.6 Å². The molecule has 0 spiro atoms. The number of hydrogen-bond acceptors (Lipinski definition) is 7. The Hall–Kier alpha value is -3.14. The van der Waals surface area contributed by atoms with Gasteiger partial charge in [-0.3, -0.25) is 14.1 Å². The number of rotatable bonds is 9. The van der Waals surface area contributed by atoms with Gasteiger partial charge in [0.2, 0.25) is 10.0 Å². The number of anilines is 2. The largest absolute Gasteiger partial charge is 0.509 e. The van der Waals surface area contributed by atoms with Crippen molar-refractivity contribution in [1.29, 1.82) is 0 Å². The molecule has 12 heteroatoms. The number of aliphatic hydroxyl groups excluding tert-OH is 1. The van der Waals surface area contributed by atoms with Gasteiger partial charge in [0.1, 0.15) is 11.3 Å². The number of amides is 1. The van der Waals surface area contributed by atoms with Crippen LogP contribution in [0, 0.1) is 5.41 Å². The molecule has 2 aromatic carbocycles. The summed E-state index contributed by atoms with van der Waals surface area (Å²) < 4.78 is 49.8. The molecule has 0 saturated heterocycles. The van der Waals surface area contributed by atoms with E-state index in [9.17, 15) is 22.9 Å². The SMILES string of the molecule is CCOP1(=O)N=C(C2=C(O)C(Cc3ccccc3)N(CCC(C)(C)C)C2=O)Nc2ccc(NS(C)(=O)=O)cc21. The summed E-state index contributed by atoms with van der Waals surface area (Å²) in [6, 6.07) is 13.4. The van der Waals surface area contributed by atoms with Gasteiger partial charge in [0.25, 0.3) is 5.91 Å². The van der Waals surface area contributed by atoms with E-state index in [2.05, 4.69) is 35.6 Å². The number of fused-ring (bicyclic) bond motifs is 1. The quantitative estimate of drug-likeness (QED) is 0.377.